The molecule has 13 heavy (non-hydrogen) atoms. The van der Waals surface area contributed by atoms with Crippen molar-refractivity contribution in [1.82, 2.24) is 9.78 Å². The third kappa shape index (κ3) is 2.54. The van der Waals surface area contributed by atoms with Crippen LogP contribution in [0.1, 0.15) is 24.2 Å². The molecule has 0 aliphatic heterocycles. The Balaban J connectivity index is 2.61. The molecule has 0 aliphatic carbocycles. The largest absolute Gasteiger partial charge is 0.396 e. The van der Waals surface area contributed by atoms with Crippen LogP contribution in [0.2, 0.25) is 0 Å². The second-order valence-corrected chi connectivity index (χ2v) is 3.93. The number of unbranched alkanes of at least 4 members (excludes halogenated alkanes) is 1. The van der Waals surface area contributed by atoms with Crippen LogP contribution in [0.3, 0.4) is 0 Å². The van der Waals surface area contributed by atoms with Gasteiger partial charge in [-0.15, -0.1) is 0 Å². The zero-order chi connectivity index (χ0) is 9.84. The SMILES string of the molecule is Cc1nn(CCCCO)c(C)c1Br. The molecule has 0 radical (unpaired) electrons. The van der Waals surface area contributed by atoms with Crippen molar-refractivity contribution in [2.75, 3.05) is 6.61 Å². The highest BCUT2D eigenvalue weighted by molar-refractivity contribution is 9.10. The lowest BCUT2D eigenvalue weighted by Gasteiger charge is -2.02. The molecule has 0 saturated carbocycles. The van der Waals surface area contributed by atoms with Crippen molar-refractivity contribution in [2.45, 2.75) is 33.2 Å². The molecular formula is C9H15BrN2O. The molecular weight excluding hydrogens is 232 g/mol. The number of nitrogens with zero attached hydrogens (tertiary/aromatic N) is 2. The molecule has 0 amide bonds. The Labute approximate surface area is 86.9 Å². The van der Waals surface area contributed by atoms with E-state index in [0.717, 1.165) is 35.2 Å². The number of hydrogen-bond acceptors (Lipinski definition) is 2. The summed E-state index contributed by atoms with van der Waals surface area (Å²) in [6.07, 6.45) is 1.82. The smallest absolute Gasteiger partial charge is 0.0738 e. The summed E-state index contributed by atoms with van der Waals surface area (Å²) < 4.78 is 3.08. The Bertz CT molecular complexity index is 283. The molecule has 0 saturated heterocycles. The van der Waals surface area contributed by atoms with Gasteiger partial charge < -0.3 is 5.11 Å². The van der Waals surface area contributed by atoms with Gasteiger partial charge in [-0.1, -0.05) is 0 Å². The molecule has 1 aromatic heterocycles. The molecule has 0 bridgehead atoms. The Kier molecular flexibility index (Phi) is 3.93. The number of halogens is 1. The topological polar surface area (TPSA) is 38.0 Å². The van der Waals surface area contributed by atoms with Gasteiger partial charge >= 0.3 is 0 Å². The van der Waals surface area contributed by atoms with Crippen LogP contribution in [0.25, 0.3) is 0 Å². The van der Waals surface area contributed by atoms with Crippen molar-refractivity contribution < 1.29 is 5.11 Å². The van der Waals surface area contributed by atoms with Crippen LogP contribution >= 0.6 is 15.9 Å². The number of aryl methyl sites for hydroxylation is 2. The summed E-state index contributed by atoms with van der Waals surface area (Å²) >= 11 is 3.48. The average Bonchev–Trinajstić information content (AvgIpc) is 2.34. The molecule has 0 aliphatic rings. The van der Waals surface area contributed by atoms with Crippen LogP contribution in [0, 0.1) is 13.8 Å². The van der Waals surface area contributed by atoms with Gasteiger partial charge in [0.25, 0.3) is 0 Å². The van der Waals surface area contributed by atoms with Crippen LogP contribution in [0.4, 0.5) is 0 Å². The first-order valence-electron chi connectivity index (χ1n) is 4.47. The summed E-state index contributed by atoms with van der Waals surface area (Å²) in [4.78, 5) is 0. The predicted octanol–water partition coefficient (Wildman–Crippen LogP) is 2.03. The van der Waals surface area contributed by atoms with Crippen molar-refractivity contribution in [3.8, 4) is 0 Å². The van der Waals surface area contributed by atoms with Gasteiger partial charge in [0.2, 0.25) is 0 Å². The van der Waals surface area contributed by atoms with E-state index in [9.17, 15) is 0 Å². The number of aliphatic hydroxyl groups excluding tert-OH is 1. The van der Waals surface area contributed by atoms with E-state index in [1.54, 1.807) is 0 Å². The monoisotopic (exact) mass is 246 g/mol. The summed E-state index contributed by atoms with van der Waals surface area (Å²) in [5, 5.41) is 13.0. The quantitative estimate of drug-likeness (QED) is 0.827. The standard InChI is InChI=1S/C9H15BrN2O/c1-7-9(10)8(2)12(11-7)5-3-4-6-13/h13H,3-6H2,1-2H3. The van der Waals surface area contributed by atoms with Gasteiger partial charge in [-0.25, -0.2) is 0 Å². The van der Waals surface area contributed by atoms with Gasteiger partial charge in [-0.3, -0.25) is 4.68 Å². The van der Waals surface area contributed by atoms with Gasteiger partial charge in [0.15, 0.2) is 0 Å². The van der Waals surface area contributed by atoms with Crippen LogP contribution in [-0.4, -0.2) is 21.5 Å². The van der Waals surface area contributed by atoms with Crippen LogP contribution in [-0.2, 0) is 6.54 Å². The first-order chi connectivity index (χ1) is 6.16. The van der Waals surface area contributed by atoms with Crippen LogP contribution in [0.15, 0.2) is 4.47 Å². The molecule has 4 heteroatoms. The minimum atomic E-state index is 0.264. The molecule has 1 aromatic rings. The molecule has 0 atom stereocenters. The fourth-order valence-electron chi connectivity index (χ4n) is 1.27. The van der Waals surface area contributed by atoms with Gasteiger partial charge in [0.1, 0.15) is 0 Å². The van der Waals surface area contributed by atoms with Crippen LogP contribution in [0.5, 0.6) is 0 Å². The van der Waals surface area contributed by atoms with E-state index in [1.807, 2.05) is 18.5 Å². The lowest BCUT2D eigenvalue weighted by Crippen LogP contribution is -2.03. The average molecular weight is 247 g/mol. The summed E-state index contributed by atoms with van der Waals surface area (Å²) in [5.41, 5.74) is 2.19. The van der Waals surface area contributed by atoms with E-state index in [0.29, 0.717) is 0 Å². The maximum absolute atomic E-state index is 8.63. The fourth-order valence-corrected chi connectivity index (χ4v) is 1.55. The van der Waals surface area contributed by atoms with E-state index in [2.05, 4.69) is 21.0 Å². The first kappa shape index (κ1) is 10.7. The molecule has 0 aromatic carbocycles. The zero-order valence-electron chi connectivity index (χ0n) is 8.05. The number of rotatable bonds is 4. The second kappa shape index (κ2) is 4.77. The van der Waals surface area contributed by atoms with Gasteiger partial charge in [0, 0.05) is 18.8 Å². The predicted molar refractivity (Wildman–Crippen MR) is 55.7 cm³/mol. The zero-order valence-corrected chi connectivity index (χ0v) is 9.63. The molecule has 0 unspecified atom stereocenters. The van der Waals surface area contributed by atoms with Crippen molar-refractivity contribution in [2.24, 2.45) is 0 Å². The third-order valence-corrected chi connectivity index (χ3v) is 3.22. The van der Waals surface area contributed by atoms with Crippen molar-refractivity contribution in [3.63, 3.8) is 0 Å². The van der Waals surface area contributed by atoms with Gasteiger partial charge in [-0.05, 0) is 42.6 Å². The Morgan fingerprint density at radius 3 is 2.54 bits per heavy atom. The van der Waals surface area contributed by atoms with E-state index >= 15 is 0 Å². The van der Waals surface area contributed by atoms with Gasteiger partial charge in [-0.2, -0.15) is 5.10 Å². The van der Waals surface area contributed by atoms with Crippen molar-refractivity contribution in [3.05, 3.63) is 15.9 Å². The number of aromatic nitrogens is 2. The summed E-state index contributed by atoms with van der Waals surface area (Å²) in [6, 6.07) is 0. The minimum Gasteiger partial charge on any atom is -0.396 e. The summed E-state index contributed by atoms with van der Waals surface area (Å²) in [5.74, 6) is 0. The summed E-state index contributed by atoms with van der Waals surface area (Å²) in [7, 11) is 0. The van der Waals surface area contributed by atoms with Crippen molar-refractivity contribution in [1.29, 1.82) is 0 Å². The molecule has 3 nitrogen and oxygen atoms in total. The second-order valence-electron chi connectivity index (χ2n) is 3.14. The number of hydrogen-bond donors (Lipinski definition) is 1. The maximum atomic E-state index is 8.63. The third-order valence-electron chi connectivity index (χ3n) is 2.07. The lowest BCUT2D eigenvalue weighted by molar-refractivity contribution is 0.280. The molecule has 1 rings (SSSR count). The first-order valence-corrected chi connectivity index (χ1v) is 5.26. The lowest BCUT2D eigenvalue weighted by atomic mass is 10.3. The Hall–Kier alpha value is -0.350. The van der Waals surface area contributed by atoms with E-state index in [-0.39, 0.29) is 6.61 Å². The molecule has 1 N–H and O–H groups in total. The molecule has 0 spiro atoms. The maximum Gasteiger partial charge on any atom is 0.0738 e. The highest BCUT2D eigenvalue weighted by atomic mass is 79.9. The van der Waals surface area contributed by atoms with E-state index in [1.165, 1.54) is 0 Å². The minimum absolute atomic E-state index is 0.264. The van der Waals surface area contributed by atoms with Crippen LogP contribution < -0.4 is 0 Å². The van der Waals surface area contributed by atoms with Crippen molar-refractivity contribution >= 4 is 15.9 Å². The normalized spacial score (nSPS) is 10.8. The molecule has 1 heterocycles. The fraction of sp³-hybridized carbons (Fsp3) is 0.667. The van der Waals surface area contributed by atoms with E-state index < -0.39 is 0 Å². The molecule has 74 valence electrons. The number of aliphatic hydroxyl groups is 1. The van der Waals surface area contributed by atoms with E-state index in [4.69, 9.17) is 5.11 Å². The highest BCUT2D eigenvalue weighted by Crippen LogP contribution is 2.19. The summed E-state index contributed by atoms with van der Waals surface area (Å²) in [6.45, 7) is 5.18. The van der Waals surface area contributed by atoms with Gasteiger partial charge in [0.05, 0.1) is 10.2 Å². The Morgan fingerprint density at radius 2 is 2.08 bits per heavy atom. The highest BCUT2D eigenvalue weighted by Gasteiger charge is 2.07. The Morgan fingerprint density at radius 1 is 1.38 bits per heavy atom. The molecule has 0 fully saturated rings.